The van der Waals surface area contributed by atoms with Crippen molar-refractivity contribution in [2.75, 3.05) is 0 Å². The maximum atomic E-state index is 12.3. The Kier molecular flexibility index (Phi) is 5.24. The van der Waals surface area contributed by atoms with Crippen molar-refractivity contribution in [1.29, 1.82) is 0 Å². The third-order valence-corrected chi connectivity index (χ3v) is 5.55. The number of hydrogen-bond acceptors (Lipinski definition) is 5. The van der Waals surface area contributed by atoms with Gasteiger partial charge in [-0.1, -0.05) is 55.0 Å². The van der Waals surface area contributed by atoms with E-state index in [4.69, 9.17) is 9.72 Å². The zero-order valence-electron chi connectivity index (χ0n) is 17.6. The smallest absolute Gasteiger partial charge is 0.360 e. The molecular weight excluding hydrogens is 390 g/mol. The SMILES string of the molecule is CCCc1cc(C2CC2)cn2cc(Cn3cc(C(=O)OCc4ccccc4)nn3)nc12. The van der Waals surface area contributed by atoms with E-state index in [1.807, 2.05) is 30.3 Å². The van der Waals surface area contributed by atoms with E-state index < -0.39 is 5.97 Å². The molecule has 0 bridgehead atoms. The van der Waals surface area contributed by atoms with Crippen LogP contribution < -0.4 is 0 Å². The average Bonchev–Trinajstić information content (AvgIpc) is 3.40. The van der Waals surface area contributed by atoms with E-state index in [1.54, 1.807) is 10.9 Å². The number of hydrogen-bond donors (Lipinski definition) is 0. The number of benzene rings is 1. The molecule has 3 heterocycles. The number of ether oxygens (including phenoxy) is 1. The van der Waals surface area contributed by atoms with E-state index in [0.29, 0.717) is 12.5 Å². The predicted octanol–water partition coefficient (Wildman–Crippen LogP) is 4.16. The van der Waals surface area contributed by atoms with Crippen LogP contribution in [0.15, 0.2) is 55.0 Å². The van der Waals surface area contributed by atoms with Crippen LogP contribution in [0.2, 0.25) is 0 Å². The molecule has 3 aromatic heterocycles. The average molecular weight is 415 g/mol. The Bertz CT molecular complexity index is 1210. The Labute approximate surface area is 180 Å². The first-order valence-electron chi connectivity index (χ1n) is 10.8. The molecule has 158 valence electrons. The Balaban J connectivity index is 1.30. The predicted molar refractivity (Wildman–Crippen MR) is 116 cm³/mol. The number of nitrogens with zero attached hydrogens (tertiary/aromatic N) is 5. The van der Waals surface area contributed by atoms with Crippen LogP contribution in [-0.4, -0.2) is 30.3 Å². The van der Waals surface area contributed by atoms with Crippen LogP contribution in [0.1, 0.15) is 65.0 Å². The van der Waals surface area contributed by atoms with Gasteiger partial charge in [-0.2, -0.15) is 0 Å². The lowest BCUT2D eigenvalue weighted by Crippen LogP contribution is -2.05. The number of carbonyl (C=O) groups is 1. The molecule has 1 aromatic carbocycles. The van der Waals surface area contributed by atoms with Crippen molar-refractivity contribution < 1.29 is 9.53 Å². The molecule has 1 aliphatic rings. The lowest BCUT2D eigenvalue weighted by molar-refractivity contribution is 0.0465. The lowest BCUT2D eigenvalue weighted by Gasteiger charge is -2.06. The highest BCUT2D eigenvalue weighted by molar-refractivity contribution is 5.86. The van der Waals surface area contributed by atoms with Crippen LogP contribution in [0.25, 0.3) is 5.65 Å². The molecule has 0 N–H and O–H groups in total. The third kappa shape index (κ3) is 4.35. The van der Waals surface area contributed by atoms with Gasteiger partial charge in [-0.3, -0.25) is 0 Å². The summed E-state index contributed by atoms with van der Waals surface area (Å²) in [7, 11) is 0. The van der Waals surface area contributed by atoms with Gasteiger partial charge in [-0.25, -0.2) is 14.5 Å². The number of esters is 1. The maximum absolute atomic E-state index is 12.3. The summed E-state index contributed by atoms with van der Waals surface area (Å²) in [5.41, 5.74) is 5.72. The van der Waals surface area contributed by atoms with Crippen LogP contribution in [-0.2, 0) is 24.3 Å². The van der Waals surface area contributed by atoms with E-state index in [2.05, 4.69) is 40.1 Å². The number of carbonyl (C=O) groups excluding carboxylic acids is 1. The van der Waals surface area contributed by atoms with Crippen molar-refractivity contribution >= 4 is 11.6 Å². The minimum atomic E-state index is -0.482. The van der Waals surface area contributed by atoms with Gasteiger partial charge in [0, 0.05) is 12.4 Å². The Morgan fingerprint density at radius 1 is 1.16 bits per heavy atom. The van der Waals surface area contributed by atoms with Crippen molar-refractivity contribution in [3.63, 3.8) is 0 Å². The molecule has 7 heteroatoms. The molecule has 1 aliphatic carbocycles. The minimum Gasteiger partial charge on any atom is -0.456 e. The number of fused-ring (bicyclic) bond motifs is 1. The molecule has 0 atom stereocenters. The van der Waals surface area contributed by atoms with Crippen LogP contribution in [0.3, 0.4) is 0 Å². The van der Waals surface area contributed by atoms with Crippen LogP contribution >= 0.6 is 0 Å². The highest BCUT2D eigenvalue weighted by Gasteiger charge is 2.25. The maximum Gasteiger partial charge on any atom is 0.360 e. The van der Waals surface area contributed by atoms with E-state index in [1.165, 1.54) is 24.0 Å². The van der Waals surface area contributed by atoms with Crippen molar-refractivity contribution in [3.05, 3.63) is 83.1 Å². The molecule has 0 aliphatic heterocycles. The molecule has 5 rings (SSSR count). The molecule has 0 saturated heterocycles. The van der Waals surface area contributed by atoms with E-state index in [0.717, 1.165) is 29.7 Å². The van der Waals surface area contributed by atoms with Crippen LogP contribution in [0.4, 0.5) is 0 Å². The number of aromatic nitrogens is 5. The normalized spacial score (nSPS) is 13.6. The quantitative estimate of drug-likeness (QED) is 0.404. The molecule has 0 radical (unpaired) electrons. The highest BCUT2D eigenvalue weighted by atomic mass is 16.5. The van der Waals surface area contributed by atoms with Gasteiger partial charge in [0.15, 0.2) is 5.69 Å². The fourth-order valence-electron chi connectivity index (χ4n) is 3.85. The third-order valence-electron chi connectivity index (χ3n) is 5.55. The van der Waals surface area contributed by atoms with E-state index in [9.17, 15) is 4.79 Å². The van der Waals surface area contributed by atoms with Crippen molar-refractivity contribution in [3.8, 4) is 0 Å². The van der Waals surface area contributed by atoms with Gasteiger partial charge in [-0.05, 0) is 41.9 Å². The topological polar surface area (TPSA) is 74.3 Å². The monoisotopic (exact) mass is 415 g/mol. The van der Waals surface area contributed by atoms with Gasteiger partial charge in [0.25, 0.3) is 0 Å². The summed E-state index contributed by atoms with van der Waals surface area (Å²) in [6, 6.07) is 11.9. The molecule has 1 fully saturated rings. The fraction of sp³-hybridized carbons (Fsp3) is 0.333. The van der Waals surface area contributed by atoms with E-state index >= 15 is 0 Å². The van der Waals surface area contributed by atoms with Crippen LogP contribution in [0.5, 0.6) is 0 Å². The zero-order chi connectivity index (χ0) is 21.2. The number of pyridine rings is 1. The second-order valence-corrected chi connectivity index (χ2v) is 8.15. The highest BCUT2D eigenvalue weighted by Crippen LogP contribution is 2.40. The van der Waals surface area contributed by atoms with Gasteiger partial charge in [-0.15, -0.1) is 5.10 Å². The Morgan fingerprint density at radius 2 is 2.00 bits per heavy atom. The van der Waals surface area contributed by atoms with Gasteiger partial charge < -0.3 is 9.14 Å². The Hall–Kier alpha value is -3.48. The van der Waals surface area contributed by atoms with Crippen LogP contribution in [0, 0.1) is 0 Å². The zero-order valence-corrected chi connectivity index (χ0v) is 17.6. The summed E-state index contributed by atoms with van der Waals surface area (Å²) in [6.45, 7) is 2.85. The number of rotatable bonds is 8. The second-order valence-electron chi connectivity index (χ2n) is 8.15. The first-order chi connectivity index (χ1) is 15.2. The molecule has 0 amide bonds. The van der Waals surface area contributed by atoms with Gasteiger partial charge >= 0.3 is 5.97 Å². The van der Waals surface area contributed by atoms with Gasteiger partial charge in [0.05, 0.1) is 18.4 Å². The standard InChI is InChI=1S/C24H25N5O2/c1-2-6-19-11-20(18-9-10-18)12-28-13-21(25-23(19)28)14-29-15-22(26-27-29)24(30)31-16-17-7-4-3-5-8-17/h3-5,7-8,11-13,15,18H,2,6,9-10,14,16H2,1H3. The fourth-order valence-corrected chi connectivity index (χ4v) is 3.85. The number of imidazole rings is 1. The summed E-state index contributed by atoms with van der Waals surface area (Å²) in [5.74, 6) is 0.218. The summed E-state index contributed by atoms with van der Waals surface area (Å²) < 4.78 is 9.10. The molecule has 0 unspecified atom stereocenters. The lowest BCUT2D eigenvalue weighted by atomic mass is 10.1. The van der Waals surface area contributed by atoms with Gasteiger partial charge in [0.2, 0.25) is 0 Å². The summed E-state index contributed by atoms with van der Waals surface area (Å²) in [4.78, 5) is 17.1. The van der Waals surface area contributed by atoms with Crippen molar-refractivity contribution in [2.24, 2.45) is 0 Å². The molecule has 31 heavy (non-hydrogen) atoms. The molecule has 1 saturated carbocycles. The van der Waals surface area contributed by atoms with Gasteiger partial charge in [0.1, 0.15) is 12.3 Å². The second kappa shape index (κ2) is 8.34. The molecular formula is C24H25N5O2. The first-order valence-corrected chi connectivity index (χ1v) is 10.8. The van der Waals surface area contributed by atoms with Crippen molar-refractivity contribution in [2.45, 2.75) is 51.7 Å². The Morgan fingerprint density at radius 3 is 2.77 bits per heavy atom. The molecule has 7 nitrogen and oxygen atoms in total. The summed E-state index contributed by atoms with van der Waals surface area (Å²) >= 11 is 0. The van der Waals surface area contributed by atoms with Crippen molar-refractivity contribution in [1.82, 2.24) is 24.4 Å². The first kappa shape index (κ1) is 19.5. The largest absolute Gasteiger partial charge is 0.456 e. The molecule has 0 spiro atoms. The molecule has 4 aromatic rings. The van der Waals surface area contributed by atoms with E-state index in [-0.39, 0.29) is 12.3 Å². The number of aryl methyl sites for hydroxylation is 1. The summed E-state index contributed by atoms with van der Waals surface area (Å²) in [5, 5.41) is 8.06. The summed E-state index contributed by atoms with van der Waals surface area (Å²) in [6.07, 6.45) is 10.5. The minimum absolute atomic E-state index is 0.197.